The molecule has 1 fully saturated rings. The van der Waals surface area contributed by atoms with Gasteiger partial charge in [0.05, 0.1) is 0 Å². The summed E-state index contributed by atoms with van der Waals surface area (Å²) in [7, 11) is 0. The fourth-order valence-electron chi connectivity index (χ4n) is 3.76. The maximum atomic E-state index is 5.72. The van der Waals surface area contributed by atoms with Crippen LogP contribution in [0.15, 0.2) is 60.7 Å². The maximum Gasteiger partial charge on any atom is 0.173 e. The number of nitrogens with one attached hydrogen (secondary N) is 1. The zero-order valence-corrected chi connectivity index (χ0v) is 16.7. The van der Waals surface area contributed by atoms with Crippen LogP contribution in [0, 0.1) is 13.8 Å². The van der Waals surface area contributed by atoms with E-state index >= 15 is 0 Å². The highest BCUT2D eigenvalue weighted by atomic mass is 32.1. The molecule has 0 unspecified atom stereocenters. The van der Waals surface area contributed by atoms with Gasteiger partial charge in [-0.15, -0.1) is 0 Å². The van der Waals surface area contributed by atoms with Crippen LogP contribution in [-0.4, -0.2) is 36.2 Å². The Morgan fingerprint density at radius 3 is 2.37 bits per heavy atom. The molecule has 1 aliphatic heterocycles. The Labute approximate surface area is 166 Å². The number of thiocarbonyl (C=S) groups is 1. The first kappa shape index (κ1) is 17.8. The number of nitrogens with zero attached hydrogens (tertiary/aromatic N) is 2. The Bertz CT molecular complexity index is 969. The Hall–Kier alpha value is -2.59. The standard InChI is InChI=1S/C23H25N3S/c1-17-7-5-12-22(18(17)2)25-13-15-26(16-14-25)23(27)24-21-11-6-9-19-8-3-4-10-20(19)21/h3-12H,13-16H2,1-2H3,(H,24,27). The van der Waals surface area contributed by atoms with Crippen molar-refractivity contribution in [1.29, 1.82) is 0 Å². The van der Waals surface area contributed by atoms with Gasteiger partial charge < -0.3 is 15.1 Å². The summed E-state index contributed by atoms with van der Waals surface area (Å²) in [5.74, 6) is 0. The zero-order valence-electron chi connectivity index (χ0n) is 15.9. The van der Waals surface area contributed by atoms with Crippen molar-refractivity contribution in [2.45, 2.75) is 13.8 Å². The van der Waals surface area contributed by atoms with Crippen molar-refractivity contribution in [2.75, 3.05) is 36.4 Å². The highest BCUT2D eigenvalue weighted by molar-refractivity contribution is 7.80. The number of hydrogen-bond donors (Lipinski definition) is 1. The van der Waals surface area contributed by atoms with E-state index in [0.29, 0.717) is 0 Å². The Morgan fingerprint density at radius 2 is 1.56 bits per heavy atom. The fourth-order valence-corrected chi connectivity index (χ4v) is 4.05. The van der Waals surface area contributed by atoms with Gasteiger partial charge in [-0.2, -0.15) is 0 Å². The first-order valence-corrected chi connectivity index (χ1v) is 9.89. The molecule has 0 bridgehead atoms. The summed E-state index contributed by atoms with van der Waals surface area (Å²) in [5.41, 5.74) is 5.16. The van der Waals surface area contributed by atoms with E-state index in [1.165, 1.54) is 27.6 Å². The smallest absolute Gasteiger partial charge is 0.173 e. The lowest BCUT2D eigenvalue weighted by Crippen LogP contribution is -2.50. The minimum Gasteiger partial charge on any atom is -0.368 e. The highest BCUT2D eigenvalue weighted by Crippen LogP contribution is 2.25. The number of rotatable bonds is 2. The largest absolute Gasteiger partial charge is 0.368 e. The molecule has 0 aromatic heterocycles. The molecule has 4 heteroatoms. The molecule has 1 aliphatic rings. The van der Waals surface area contributed by atoms with Crippen LogP contribution >= 0.6 is 12.2 Å². The highest BCUT2D eigenvalue weighted by Gasteiger charge is 2.20. The van der Waals surface area contributed by atoms with E-state index in [1.54, 1.807) is 0 Å². The van der Waals surface area contributed by atoms with Crippen LogP contribution in [0.2, 0.25) is 0 Å². The average Bonchev–Trinajstić information content (AvgIpc) is 2.70. The molecule has 3 nitrogen and oxygen atoms in total. The Balaban J connectivity index is 1.43. The minimum absolute atomic E-state index is 0.812. The second-order valence-corrected chi connectivity index (χ2v) is 7.54. The summed E-state index contributed by atoms with van der Waals surface area (Å²) >= 11 is 5.72. The molecule has 4 rings (SSSR count). The van der Waals surface area contributed by atoms with Gasteiger partial charge in [-0.3, -0.25) is 0 Å². The fraction of sp³-hybridized carbons (Fsp3) is 0.261. The van der Waals surface area contributed by atoms with Gasteiger partial charge in [0.2, 0.25) is 0 Å². The molecule has 3 aromatic rings. The molecule has 0 atom stereocenters. The van der Waals surface area contributed by atoms with Crippen molar-refractivity contribution in [2.24, 2.45) is 0 Å². The predicted molar refractivity (Wildman–Crippen MR) is 120 cm³/mol. The van der Waals surface area contributed by atoms with Gasteiger partial charge in [-0.1, -0.05) is 48.5 Å². The van der Waals surface area contributed by atoms with Crippen LogP contribution in [-0.2, 0) is 0 Å². The lowest BCUT2D eigenvalue weighted by Gasteiger charge is -2.38. The van der Waals surface area contributed by atoms with Gasteiger partial charge >= 0.3 is 0 Å². The van der Waals surface area contributed by atoms with E-state index in [-0.39, 0.29) is 0 Å². The van der Waals surface area contributed by atoms with E-state index in [9.17, 15) is 0 Å². The van der Waals surface area contributed by atoms with Crippen LogP contribution in [0.1, 0.15) is 11.1 Å². The van der Waals surface area contributed by atoms with E-state index < -0.39 is 0 Å². The minimum atomic E-state index is 0.812. The van der Waals surface area contributed by atoms with Crippen LogP contribution < -0.4 is 10.2 Å². The van der Waals surface area contributed by atoms with E-state index in [2.05, 4.69) is 89.6 Å². The van der Waals surface area contributed by atoms with Gasteiger partial charge in [-0.25, -0.2) is 0 Å². The zero-order chi connectivity index (χ0) is 18.8. The quantitative estimate of drug-likeness (QED) is 0.637. The van der Waals surface area contributed by atoms with E-state index in [0.717, 1.165) is 37.0 Å². The predicted octanol–water partition coefficient (Wildman–Crippen LogP) is 4.98. The van der Waals surface area contributed by atoms with Crippen molar-refractivity contribution in [3.8, 4) is 0 Å². The van der Waals surface area contributed by atoms with Gasteiger partial charge in [-0.05, 0) is 54.7 Å². The van der Waals surface area contributed by atoms with Gasteiger partial charge in [0.1, 0.15) is 0 Å². The van der Waals surface area contributed by atoms with Crippen LogP contribution in [0.3, 0.4) is 0 Å². The van der Waals surface area contributed by atoms with Crippen molar-refractivity contribution < 1.29 is 0 Å². The molecule has 0 aliphatic carbocycles. The molecule has 27 heavy (non-hydrogen) atoms. The molecule has 0 amide bonds. The second kappa shape index (κ2) is 7.57. The summed E-state index contributed by atoms with van der Waals surface area (Å²) in [6, 6.07) is 21.3. The van der Waals surface area contributed by atoms with Crippen molar-refractivity contribution in [1.82, 2.24) is 4.90 Å². The summed E-state index contributed by atoms with van der Waals surface area (Å²) < 4.78 is 0. The molecule has 138 valence electrons. The number of aryl methyl sites for hydroxylation is 1. The third-order valence-corrected chi connectivity index (χ3v) is 5.88. The number of benzene rings is 3. The second-order valence-electron chi connectivity index (χ2n) is 7.15. The van der Waals surface area contributed by atoms with E-state index in [4.69, 9.17) is 12.2 Å². The van der Waals surface area contributed by atoms with Crippen molar-refractivity contribution in [3.63, 3.8) is 0 Å². The number of hydrogen-bond acceptors (Lipinski definition) is 2. The first-order valence-electron chi connectivity index (χ1n) is 9.48. The third-order valence-electron chi connectivity index (χ3n) is 5.51. The molecule has 0 spiro atoms. The van der Waals surface area contributed by atoms with E-state index in [1.807, 2.05) is 0 Å². The monoisotopic (exact) mass is 375 g/mol. The summed E-state index contributed by atoms with van der Waals surface area (Å²) in [6.07, 6.45) is 0. The third kappa shape index (κ3) is 3.62. The Kier molecular flexibility index (Phi) is 4.99. The molecule has 0 radical (unpaired) electrons. The topological polar surface area (TPSA) is 18.5 Å². The molecule has 1 heterocycles. The molecule has 0 saturated carbocycles. The number of anilines is 2. The maximum absolute atomic E-state index is 5.72. The van der Waals surface area contributed by atoms with Crippen molar-refractivity contribution >= 4 is 39.5 Å². The SMILES string of the molecule is Cc1cccc(N2CCN(C(=S)Nc3cccc4ccccc34)CC2)c1C. The Morgan fingerprint density at radius 1 is 0.852 bits per heavy atom. The normalized spacial score (nSPS) is 14.4. The number of fused-ring (bicyclic) bond motifs is 1. The average molecular weight is 376 g/mol. The molecule has 3 aromatic carbocycles. The van der Waals surface area contributed by atoms with Gasteiger partial charge in [0, 0.05) is 42.9 Å². The molecule has 1 N–H and O–H groups in total. The molecule has 1 saturated heterocycles. The lowest BCUT2D eigenvalue weighted by molar-refractivity contribution is 0.390. The summed E-state index contributed by atoms with van der Waals surface area (Å²) in [4.78, 5) is 4.75. The van der Waals surface area contributed by atoms with Crippen LogP contribution in [0.5, 0.6) is 0 Å². The summed E-state index contributed by atoms with van der Waals surface area (Å²) in [6.45, 7) is 8.24. The van der Waals surface area contributed by atoms with Crippen molar-refractivity contribution in [3.05, 3.63) is 71.8 Å². The van der Waals surface area contributed by atoms with Gasteiger partial charge in [0.15, 0.2) is 5.11 Å². The first-order chi connectivity index (χ1) is 13.1. The number of piperazine rings is 1. The summed E-state index contributed by atoms with van der Waals surface area (Å²) in [5, 5.41) is 6.71. The molecular weight excluding hydrogens is 350 g/mol. The molecular formula is C23H25N3S. The van der Waals surface area contributed by atoms with Gasteiger partial charge in [0.25, 0.3) is 0 Å². The lowest BCUT2D eigenvalue weighted by atomic mass is 10.1. The van der Waals surface area contributed by atoms with Crippen LogP contribution in [0.25, 0.3) is 10.8 Å². The van der Waals surface area contributed by atoms with Crippen LogP contribution in [0.4, 0.5) is 11.4 Å².